The maximum atomic E-state index is 5.70. The van der Waals surface area contributed by atoms with Crippen molar-refractivity contribution in [1.82, 2.24) is 15.0 Å². The van der Waals surface area contributed by atoms with Crippen LogP contribution in [0.4, 0.5) is 11.6 Å². The van der Waals surface area contributed by atoms with Gasteiger partial charge in [0.1, 0.15) is 11.6 Å². The van der Waals surface area contributed by atoms with Crippen LogP contribution in [0.3, 0.4) is 0 Å². The third-order valence-electron chi connectivity index (χ3n) is 4.21. The molecule has 4 aromatic rings. The third kappa shape index (κ3) is 3.38. The highest BCUT2D eigenvalue weighted by atomic mass is 15.1. The number of benzene rings is 2. The third-order valence-corrected chi connectivity index (χ3v) is 4.21. The lowest BCUT2D eigenvalue weighted by molar-refractivity contribution is 0.969. The first-order valence-electron chi connectivity index (χ1n) is 8.56. The fraction of sp³-hybridized carbons (Fsp3) is 0.0952. The minimum atomic E-state index is 0.633. The molecule has 2 heterocycles. The molecule has 0 atom stereocenters. The summed E-state index contributed by atoms with van der Waals surface area (Å²) in [7, 11) is 0. The Balaban J connectivity index is 1.82. The number of fused-ring (bicyclic) bond motifs is 1. The zero-order valence-electron chi connectivity index (χ0n) is 14.3. The van der Waals surface area contributed by atoms with Gasteiger partial charge in [0.05, 0.1) is 11.9 Å². The van der Waals surface area contributed by atoms with Gasteiger partial charge in [-0.25, -0.2) is 9.97 Å². The van der Waals surface area contributed by atoms with E-state index in [2.05, 4.69) is 51.7 Å². The Bertz CT molecular complexity index is 1030. The molecule has 5 heteroatoms. The number of anilines is 2. The second-order valence-corrected chi connectivity index (χ2v) is 6.03. The summed E-state index contributed by atoms with van der Waals surface area (Å²) in [5.74, 6) is 1.43. The van der Waals surface area contributed by atoms with Crippen LogP contribution in [0.25, 0.3) is 22.0 Å². The van der Waals surface area contributed by atoms with Crippen molar-refractivity contribution in [3.63, 3.8) is 0 Å². The van der Waals surface area contributed by atoms with Crippen molar-refractivity contribution in [3.05, 3.63) is 78.8 Å². The van der Waals surface area contributed by atoms with Crippen LogP contribution < -0.4 is 11.1 Å². The number of hydrogen-bond acceptors (Lipinski definition) is 5. The second-order valence-electron chi connectivity index (χ2n) is 6.03. The van der Waals surface area contributed by atoms with Gasteiger partial charge in [-0.3, -0.25) is 4.98 Å². The van der Waals surface area contributed by atoms with Crippen LogP contribution in [0.1, 0.15) is 5.56 Å². The van der Waals surface area contributed by atoms with Crippen LogP contribution in [-0.2, 0) is 6.42 Å². The molecule has 2 aromatic carbocycles. The van der Waals surface area contributed by atoms with E-state index in [0.29, 0.717) is 12.4 Å². The van der Waals surface area contributed by atoms with E-state index in [1.807, 2.05) is 18.2 Å². The SMILES string of the molecule is NCCc1cccc(-c2cc3ccccc3c(Nc3cnccn3)n2)c1. The molecule has 0 saturated carbocycles. The molecular weight excluding hydrogens is 322 g/mol. The lowest BCUT2D eigenvalue weighted by atomic mass is 10.0. The van der Waals surface area contributed by atoms with Gasteiger partial charge in [-0.05, 0) is 36.0 Å². The lowest BCUT2D eigenvalue weighted by Gasteiger charge is -2.12. The molecule has 0 fully saturated rings. The average molecular weight is 341 g/mol. The van der Waals surface area contributed by atoms with Gasteiger partial charge in [-0.1, -0.05) is 42.5 Å². The highest BCUT2D eigenvalue weighted by Gasteiger charge is 2.09. The van der Waals surface area contributed by atoms with Crippen LogP contribution in [0.2, 0.25) is 0 Å². The largest absolute Gasteiger partial charge is 0.330 e. The zero-order valence-corrected chi connectivity index (χ0v) is 14.3. The maximum Gasteiger partial charge on any atom is 0.150 e. The molecular formula is C21H19N5. The van der Waals surface area contributed by atoms with E-state index in [0.717, 1.165) is 34.3 Å². The molecule has 0 spiro atoms. The molecule has 5 nitrogen and oxygen atoms in total. The van der Waals surface area contributed by atoms with Crippen LogP contribution in [-0.4, -0.2) is 21.5 Å². The van der Waals surface area contributed by atoms with E-state index in [4.69, 9.17) is 10.7 Å². The Labute approximate surface area is 152 Å². The van der Waals surface area contributed by atoms with Gasteiger partial charge in [0, 0.05) is 23.3 Å². The topological polar surface area (TPSA) is 76.7 Å². The Morgan fingerprint density at radius 1 is 0.962 bits per heavy atom. The minimum absolute atomic E-state index is 0.633. The molecule has 0 radical (unpaired) electrons. The summed E-state index contributed by atoms with van der Waals surface area (Å²) in [5.41, 5.74) is 8.89. The standard InChI is InChI=1S/C21H19N5/c22-9-8-15-4-3-6-17(12-15)19-13-16-5-1-2-7-18(16)21(25-19)26-20-14-23-10-11-24-20/h1-7,10-14H,8-9,22H2,(H,24,25,26). The van der Waals surface area contributed by atoms with E-state index in [-0.39, 0.29) is 0 Å². The number of pyridine rings is 1. The molecule has 4 rings (SSSR count). The van der Waals surface area contributed by atoms with Gasteiger partial charge in [0.2, 0.25) is 0 Å². The van der Waals surface area contributed by atoms with E-state index < -0.39 is 0 Å². The number of hydrogen-bond donors (Lipinski definition) is 2. The minimum Gasteiger partial charge on any atom is -0.330 e. The molecule has 0 unspecified atom stereocenters. The smallest absolute Gasteiger partial charge is 0.150 e. The first kappa shape index (κ1) is 16.2. The van der Waals surface area contributed by atoms with Crippen molar-refractivity contribution in [2.24, 2.45) is 5.73 Å². The van der Waals surface area contributed by atoms with Crippen molar-refractivity contribution in [2.45, 2.75) is 6.42 Å². The number of nitrogens with zero attached hydrogens (tertiary/aromatic N) is 3. The summed E-state index contributed by atoms with van der Waals surface area (Å²) in [6.45, 7) is 0.633. The predicted octanol–water partition coefficient (Wildman–Crippen LogP) is 3.94. The summed E-state index contributed by atoms with van der Waals surface area (Å²) in [5, 5.41) is 5.45. The Morgan fingerprint density at radius 3 is 2.73 bits per heavy atom. The average Bonchev–Trinajstić information content (AvgIpc) is 2.69. The predicted molar refractivity (Wildman–Crippen MR) is 105 cm³/mol. The van der Waals surface area contributed by atoms with E-state index >= 15 is 0 Å². The summed E-state index contributed by atoms with van der Waals surface area (Å²) in [6, 6.07) is 18.7. The molecule has 26 heavy (non-hydrogen) atoms. The normalized spacial score (nSPS) is 10.8. The Hall–Kier alpha value is -3.31. The Kier molecular flexibility index (Phi) is 4.53. The summed E-state index contributed by atoms with van der Waals surface area (Å²) < 4.78 is 0. The molecule has 0 aliphatic rings. The summed E-state index contributed by atoms with van der Waals surface area (Å²) >= 11 is 0. The van der Waals surface area contributed by atoms with Crippen molar-refractivity contribution in [2.75, 3.05) is 11.9 Å². The Morgan fingerprint density at radius 2 is 1.88 bits per heavy atom. The molecule has 128 valence electrons. The van der Waals surface area contributed by atoms with Gasteiger partial charge in [0.25, 0.3) is 0 Å². The monoisotopic (exact) mass is 341 g/mol. The van der Waals surface area contributed by atoms with Gasteiger partial charge < -0.3 is 11.1 Å². The highest BCUT2D eigenvalue weighted by Crippen LogP contribution is 2.29. The molecule has 0 bridgehead atoms. The van der Waals surface area contributed by atoms with Crippen molar-refractivity contribution in [3.8, 4) is 11.3 Å². The first-order valence-corrected chi connectivity index (χ1v) is 8.56. The lowest BCUT2D eigenvalue weighted by Crippen LogP contribution is -2.03. The number of aromatic nitrogens is 3. The van der Waals surface area contributed by atoms with Crippen LogP contribution in [0.15, 0.2) is 73.2 Å². The quantitative estimate of drug-likeness (QED) is 0.575. The number of nitrogens with one attached hydrogen (secondary N) is 1. The van der Waals surface area contributed by atoms with Crippen LogP contribution in [0.5, 0.6) is 0 Å². The van der Waals surface area contributed by atoms with Crippen molar-refractivity contribution in [1.29, 1.82) is 0 Å². The van der Waals surface area contributed by atoms with E-state index in [9.17, 15) is 0 Å². The van der Waals surface area contributed by atoms with Gasteiger partial charge >= 0.3 is 0 Å². The number of rotatable bonds is 5. The summed E-state index contributed by atoms with van der Waals surface area (Å²) in [4.78, 5) is 13.3. The molecule has 0 saturated heterocycles. The van der Waals surface area contributed by atoms with E-state index in [1.54, 1.807) is 18.6 Å². The van der Waals surface area contributed by atoms with Gasteiger partial charge in [-0.2, -0.15) is 0 Å². The fourth-order valence-corrected chi connectivity index (χ4v) is 2.98. The van der Waals surface area contributed by atoms with E-state index in [1.165, 1.54) is 5.56 Å². The van der Waals surface area contributed by atoms with Gasteiger partial charge in [0.15, 0.2) is 0 Å². The van der Waals surface area contributed by atoms with Crippen molar-refractivity contribution >= 4 is 22.4 Å². The summed E-state index contributed by atoms with van der Waals surface area (Å²) in [6.07, 6.45) is 5.85. The molecule has 0 aliphatic heterocycles. The molecule has 2 aromatic heterocycles. The van der Waals surface area contributed by atoms with Gasteiger partial charge in [-0.15, -0.1) is 0 Å². The zero-order chi connectivity index (χ0) is 17.8. The maximum absolute atomic E-state index is 5.70. The first-order chi connectivity index (χ1) is 12.8. The molecule has 0 amide bonds. The number of nitrogens with two attached hydrogens (primary N) is 1. The highest BCUT2D eigenvalue weighted by molar-refractivity contribution is 5.95. The fourth-order valence-electron chi connectivity index (χ4n) is 2.98. The van der Waals surface area contributed by atoms with Crippen LogP contribution >= 0.6 is 0 Å². The molecule has 0 aliphatic carbocycles. The second kappa shape index (κ2) is 7.29. The van der Waals surface area contributed by atoms with Crippen molar-refractivity contribution < 1.29 is 0 Å². The molecule has 3 N–H and O–H groups in total. The van der Waals surface area contributed by atoms with Crippen LogP contribution in [0, 0.1) is 0 Å².